The fourth-order valence-electron chi connectivity index (χ4n) is 0.925. The molecule has 1 fully saturated rings. The first-order valence-corrected chi connectivity index (χ1v) is 2.94. The maximum Gasteiger partial charge on any atom is 0.109 e. The number of aliphatic hydroxyl groups excluding tert-OH is 2. The van der Waals surface area contributed by atoms with Crippen molar-refractivity contribution in [3.05, 3.63) is 0 Å². The number of ether oxygens (including phenoxy) is 1. The molecule has 1 aliphatic heterocycles. The van der Waals surface area contributed by atoms with E-state index in [1.807, 2.05) is 0 Å². The van der Waals surface area contributed by atoms with Gasteiger partial charge < -0.3 is 14.9 Å². The molecule has 50 valence electrons. The van der Waals surface area contributed by atoms with Crippen molar-refractivity contribution in [2.45, 2.75) is 24.6 Å². The molecule has 3 atom stereocenters. The Morgan fingerprint density at radius 3 is 2.56 bits per heavy atom. The molecule has 3 nitrogen and oxygen atoms in total. The minimum absolute atomic E-state index is 0.158. The molecule has 0 bridgehead atoms. The molecule has 2 N–H and O–H groups in total. The van der Waals surface area contributed by atoms with Crippen molar-refractivity contribution in [2.75, 3.05) is 6.61 Å². The van der Waals surface area contributed by atoms with E-state index in [-0.39, 0.29) is 6.61 Å². The topological polar surface area (TPSA) is 49.7 Å². The summed E-state index contributed by atoms with van der Waals surface area (Å²) in [4.78, 5) is 0. The second-order valence-electron chi connectivity index (χ2n) is 2.20. The van der Waals surface area contributed by atoms with Crippen molar-refractivity contribution < 1.29 is 14.9 Å². The number of hydrogen-bond acceptors (Lipinski definition) is 3. The van der Waals surface area contributed by atoms with Gasteiger partial charge in [0.15, 0.2) is 0 Å². The van der Waals surface area contributed by atoms with E-state index in [1.54, 1.807) is 0 Å². The van der Waals surface area contributed by atoms with Gasteiger partial charge in [0.05, 0.1) is 12.7 Å². The first-order valence-electron chi connectivity index (χ1n) is 2.94. The lowest BCUT2D eigenvalue weighted by Gasteiger charge is -2.09. The quantitative estimate of drug-likeness (QED) is 0.428. The zero-order chi connectivity index (χ0) is 6.85. The molecule has 0 spiro atoms. The van der Waals surface area contributed by atoms with Gasteiger partial charge in [0.25, 0.3) is 0 Å². The number of hydrogen-bond donors (Lipinski definition) is 2. The Kier molecular flexibility index (Phi) is 2.11. The molecule has 2 radical (unpaired) electrons. The van der Waals surface area contributed by atoms with Gasteiger partial charge in [-0.05, 0) is 6.42 Å². The Morgan fingerprint density at radius 1 is 1.67 bits per heavy atom. The van der Waals surface area contributed by atoms with Crippen LogP contribution in [-0.4, -0.2) is 42.9 Å². The molecule has 0 saturated carbocycles. The third-order valence-electron chi connectivity index (χ3n) is 1.43. The fourth-order valence-corrected chi connectivity index (χ4v) is 0.925. The Morgan fingerprint density at radius 2 is 2.33 bits per heavy atom. The molecule has 1 aliphatic rings. The summed E-state index contributed by atoms with van der Waals surface area (Å²) >= 11 is 0. The zero-order valence-electron chi connectivity index (χ0n) is 5.03. The maximum absolute atomic E-state index is 8.99. The second-order valence-corrected chi connectivity index (χ2v) is 2.20. The average Bonchev–Trinajstić information content (AvgIpc) is 2.10. The van der Waals surface area contributed by atoms with Crippen molar-refractivity contribution in [1.29, 1.82) is 0 Å². The van der Waals surface area contributed by atoms with Crippen LogP contribution in [0.15, 0.2) is 0 Å². The van der Waals surface area contributed by atoms with Crippen molar-refractivity contribution >= 4 is 7.85 Å². The fraction of sp³-hybridized carbons (Fsp3) is 1.00. The molecule has 0 aliphatic carbocycles. The molecule has 1 heterocycles. The highest BCUT2D eigenvalue weighted by molar-refractivity contribution is 6.11. The minimum Gasteiger partial charge on any atom is -0.394 e. The summed E-state index contributed by atoms with van der Waals surface area (Å²) in [6.45, 7) is -0.158. The number of aliphatic hydroxyl groups is 2. The normalized spacial score (nSPS) is 43.6. The largest absolute Gasteiger partial charge is 0.394 e. The second kappa shape index (κ2) is 2.69. The predicted octanol–water partition coefficient (Wildman–Crippen LogP) is -1.38. The summed E-state index contributed by atoms with van der Waals surface area (Å²) in [7, 11) is 5.30. The lowest BCUT2D eigenvalue weighted by Crippen LogP contribution is -2.24. The van der Waals surface area contributed by atoms with Crippen LogP contribution in [0, 0.1) is 0 Å². The monoisotopic (exact) mass is 128 g/mol. The molecule has 4 heteroatoms. The van der Waals surface area contributed by atoms with E-state index in [4.69, 9.17) is 22.8 Å². The molecule has 0 aromatic heterocycles. The van der Waals surface area contributed by atoms with E-state index in [2.05, 4.69) is 0 Å². The smallest absolute Gasteiger partial charge is 0.109 e. The number of rotatable bonds is 1. The van der Waals surface area contributed by atoms with Gasteiger partial charge in [0, 0.05) is 6.00 Å². The highest BCUT2D eigenvalue weighted by Gasteiger charge is 2.29. The van der Waals surface area contributed by atoms with Gasteiger partial charge in [-0.25, -0.2) is 0 Å². The van der Waals surface area contributed by atoms with Crippen LogP contribution in [0.2, 0.25) is 0 Å². The van der Waals surface area contributed by atoms with Gasteiger partial charge in [-0.15, -0.1) is 0 Å². The zero-order valence-corrected chi connectivity index (χ0v) is 5.03. The van der Waals surface area contributed by atoms with E-state index in [9.17, 15) is 0 Å². The van der Waals surface area contributed by atoms with Crippen LogP contribution in [0.1, 0.15) is 6.42 Å². The van der Waals surface area contributed by atoms with Crippen LogP contribution in [0.5, 0.6) is 0 Å². The van der Waals surface area contributed by atoms with E-state index >= 15 is 0 Å². The molecule has 1 saturated heterocycles. The molecule has 0 aromatic rings. The molecule has 0 amide bonds. The van der Waals surface area contributed by atoms with Crippen LogP contribution in [0.4, 0.5) is 0 Å². The molecular weight excluding hydrogens is 119 g/mol. The van der Waals surface area contributed by atoms with E-state index in [1.165, 1.54) is 0 Å². The van der Waals surface area contributed by atoms with Crippen LogP contribution in [0.3, 0.4) is 0 Å². The van der Waals surface area contributed by atoms with Crippen LogP contribution >= 0.6 is 0 Å². The van der Waals surface area contributed by atoms with Gasteiger partial charge in [0.2, 0.25) is 0 Å². The van der Waals surface area contributed by atoms with Crippen molar-refractivity contribution in [2.24, 2.45) is 0 Å². The summed E-state index contributed by atoms with van der Waals surface area (Å²) < 4.78 is 4.90. The van der Waals surface area contributed by atoms with Gasteiger partial charge in [-0.2, -0.15) is 0 Å². The van der Waals surface area contributed by atoms with Crippen LogP contribution < -0.4 is 0 Å². The molecular formula is C5H9BO3. The first kappa shape index (κ1) is 7.06. The van der Waals surface area contributed by atoms with Crippen molar-refractivity contribution in [3.8, 4) is 0 Å². The van der Waals surface area contributed by atoms with Gasteiger partial charge in [0.1, 0.15) is 14.0 Å². The highest BCUT2D eigenvalue weighted by atomic mass is 16.5. The third-order valence-corrected chi connectivity index (χ3v) is 1.43. The highest BCUT2D eigenvalue weighted by Crippen LogP contribution is 2.17. The van der Waals surface area contributed by atoms with E-state index < -0.39 is 18.2 Å². The molecule has 3 unspecified atom stereocenters. The summed E-state index contributed by atoms with van der Waals surface area (Å²) in [5, 5.41) is 17.5. The van der Waals surface area contributed by atoms with E-state index in [0.717, 1.165) is 0 Å². The van der Waals surface area contributed by atoms with Gasteiger partial charge in [-0.1, -0.05) is 0 Å². The summed E-state index contributed by atoms with van der Waals surface area (Å²) in [6, 6.07) is -0.405. The lowest BCUT2D eigenvalue weighted by atomic mass is 9.96. The lowest BCUT2D eigenvalue weighted by molar-refractivity contribution is -0.00408. The van der Waals surface area contributed by atoms with E-state index in [0.29, 0.717) is 6.42 Å². The van der Waals surface area contributed by atoms with Crippen LogP contribution in [-0.2, 0) is 4.74 Å². The molecule has 9 heavy (non-hydrogen) atoms. The summed E-state index contributed by atoms with van der Waals surface area (Å²) in [6.07, 6.45) is -0.643. The third kappa shape index (κ3) is 1.44. The maximum atomic E-state index is 8.99. The van der Waals surface area contributed by atoms with Crippen LogP contribution in [0.25, 0.3) is 0 Å². The summed E-state index contributed by atoms with van der Waals surface area (Å²) in [5.41, 5.74) is 0. The van der Waals surface area contributed by atoms with Crippen molar-refractivity contribution in [1.82, 2.24) is 0 Å². The molecule has 0 aromatic carbocycles. The average molecular weight is 128 g/mol. The minimum atomic E-state index is -0.593. The van der Waals surface area contributed by atoms with Gasteiger partial charge >= 0.3 is 0 Å². The first-order chi connectivity index (χ1) is 4.24. The standard InChI is InChI=1S/C5H9BO3/c6-5-1-3(8)4(2-7)9-5/h3-5,7-8H,1-2H2. The Balaban J connectivity index is 2.38. The SMILES string of the molecule is [B]C1CC(O)C(CO)O1. The summed E-state index contributed by atoms with van der Waals surface area (Å²) in [5.74, 6) is 0. The van der Waals surface area contributed by atoms with Gasteiger partial charge in [-0.3, -0.25) is 0 Å². The predicted molar refractivity (Wildman–Crippen MR) is 32.1 cm³/mol. The Bertz CT molecular complexity index is 98.2. The van der Waals surface area contributed by atoms with Crippen molar-refractivity contribution in [3.63, 3.8) is 0 Å². The Labute approximate surface area is 55.0 Å². The molecule has 1 rings (SSSR count). The Hall–Kier alpha value is -0.0551.